The van der Waals surface area contributed by atoms with Gasteiger partial charge in [0.25, 0.3) is 17.7 Å². The summed E-state index contributed by atoms with van der Waals surface area (Å²) in [5.41, 5.74) is 10.9. The van der Waals surface area contributed by atoms with Gasteiger partial charge in [0, 0.05) is 95.1 Å². The van der Waals surface area contributed by atoms with Crippen molar-refractivity contribution in [1.29, 1.82) is 0 Å². The smallest absolute Gasteiger partial charge is 0.278 e. The molecule has 4 N–H and O–H groups in total. The van der Waals surface area contributed by atoms with Crippen molar-refractivity contribution in [2.24, 2.45) is 21.6 Å². The minimum absolute atomic E-state index is 0.00292. The first-order valence-corrected chi connectivity index (χ1v) is 21.7. The number of nitrogens with two attached hydrogens (primary N) is 1. The topological polar surface area (TPSA) is 189 Å². The minimum Gasteiger partial charge on any atom is -0.371 e. The van der Waals surface area contributed by atoms with Gasteiger partial charge in [0.15, 0.2) is 11.7 Å². The number of aliphatic imine (C=N–C) groups is 2. The zero-order valence-electron chi connectivity index (χ0n) is 36.6. The number of nitrogens with one attached hydrogen (secondary N) is 2. The Balaban J connectivity index is 0.000000537. The molecule has 4 amide bonds. The zero-order chi connectivity index (χ0) is 45.0. The SMILES string of the molecule is C=CCN1C(=O)/C(=C/N=C)C(=Nc2ccc(N3CC(CN4CCN(c5cccc6c5C(=O)NC6=O)CC4)C3)cc2)N1c1ccc2c(n1)C(CC)CC2.CN.CNC(=O)CCCC=O. The average Bonchev–Trinajstić information content (AvgIpc) is 3.93. The standard InChI is InChI=1S/C40H43N9O3.C6H11NO2.CH5N/c1-4-17-48-40(52)32(22-41-3)37(49(48)34-16-11-28-10-9-27(5-2)36(28)43-34)42-29-12-14-30(15-13-29)47-24-26(25-47)23-45-18-20-46(21-19-45)33-8-6-7-31-35(33)39(51)44-38(31)50;1-7-6(9)4-2-3-5-8;1-2/h4,6-8,11-16,22,26-27H,1,3,5,9-10,17-21,23-25H2,2H3,(H,44,50,51);5H,2-4H2,1H3,(H,7,9);2H2,1H3/b32-22+,42-37?;;. The number of carbonyl (C=O) groups excluding carboxylic acids is 5. The fourth-order valence-corrected chi connectivity index (χ4v) is 8.65. The molecule has 0 radical (unpaired) electrons. The van der Waals surface area contributed by atoms with Gasteiger partial charge in [0.2, 0.25) is 5.91 Å². The Morgan fingerprint density at radius 2 is 1.75 bits per heavy atom. The van der Waals surface area contributed by atoms with E-state index in [1.54, 1.807) is 29.2 Å². The third-order valence-electron chi connectivity index (χ3n) is 11.9. The molecule has 0 saturated carbocycles. The van der Waals surface area contributed by atoms with Crippen LogP contribution in [0.15, 0.2) is 89.0 Å². The highest BCUT2D eigenvalue weighted by Crippen LogP contribution is 2.38. The first kappa shape index (κ1) is 46.0. The molecule has 1 aromatic heterocycles. The summed E-state index contributed by atoms with van der Waals surface area (Å²) in [5.74, 6) is 1.24. The van der Waals surface area contributed by atoms with E-state index in [1.807, 2.05) is 30.3 Å². The van der Waals surface area contributed by atoms with Crippen molar-refractivity contribution < 1.29 is 24.0 Å². The quantitative estimate of drug-likeness (QED) is 0.0521. The summed E-state index contributed by atoms with van der Waals surface area (Å²) in [6.07, 6.45) is 8.72. The zero-order valence-corrected chi connectivity index (χ0v) is 36.6. The first-order chi connectivity index (χ1) is 30.7. The molecule has 3 aromatic rings. The highest BCUT2D eigenvalue weighted by atomic mass is 16.2. The number of aromatic nitrogens is 1. The van der Waals surface area contributed by atoms with Crippen LogP contribution < -0.4 is 31.2 Å². The second kappa shape index (κ2) is 21.5. The highest BCUT2D eigenvalue weighted by molar-refractivity contribution is 6.31. The van der Waals surface area contributed by atoms with Crippen molar-refractivity contribution in [2.75, 3.05) is 81.3 Å². The maximum absolute atomic E-state index is 13.7. The number of carbonyl (C=O) groups is 5. The van der Waals surface area contributed by atoms with Crippen molar-refractivity contribution in [3.05, 3.63) is 101 Å². The van der Waals surface area contributed by atoms with Gasteiger partial charge in [-0.1, -0.05) is 25.1 Å². The van der Waals surface area contributed by atoms with Gasteiger partial charge in [-0.3, -0.25) is 34.4 Å². The summed E-state index contributed by atoms with van der Waals surface area (Å²) in [6.45, 7) is 16.4. The lowest BCUT2D eigenvalue weighted by Crippen LogP contribution is -2.55. The number of fused-ring (bicyclic) bond motifs is 2. The number of pyridine rings is 1. The van der Waals surface area contributed by atoms with Gasteiger partial charge >= 0.3 is 0 Å². The molecule has 5 heterocycles. The number of unbranched alkanes of at least 4 members (excludes halogenated alkanes) is 1. The second-order valence-electron chi connectivity index (χ2n) is 15.8. The number of rotatable bonds is 14. The lowest BCUT2D eigenvalue weighted by atomic mass is 9.98. The molecule has 332 valence electrons. The van der Waals surface area contributed by atoms with Gasteiger partial charge in [-0.15, -0.1) is 6.58 Å². The Hall–Kier alpha value is -6.52. The van der Waals surface area contributed by atoms with E-state index in [-0.39, 0.29) is 23.6 Å². The number of aldehydes is 1. The van der Waals surface area contributed by atoms with E-state index < -0.39 is 0 Å². The van der Waals surface area contributed by atoms with Gasteiger partial charge in [0.05, 0.1) is 29.0 Å². The molecule has 1 aliphatic carbocycles. The Morgan fingerprint density at radius 1 is 1.00 bits per heavy atom. The number of hydrogen-bond acceptors (Lipinski definition) is 12. The van der Waals surface area contributed by atoms with Gasteiger partial charge in [-0.2, -0.15) is 0 Å². The number of benzene rings is 2. The molecule has 3 fully saturated rings. The van der Waals surface area contributed by atoms with Gasteiger partial charge < -0.3 is 25.6 Å². The number of amidine groups is 1. The highest BCUT2D eigenvalue weighted by Gasteiger charge is 2.41. The number of hydrazine groups is 1. The summed E-state index contributed by atoms with van der Waals surface area (Å²) in [7, 11) is 3.09. The Labute approximate surface area is 369 Å². The third-order valence-corrected chi connectivity index (χ3v) is 11.9. The number of hydrogen-bond donors (Lipinski definition) is 3. The molecule has 63 heavy (non-hydrogen) atoms. The molecule has 16 heteroatoms. The molecular formula is C47H59N11O5. The van der Waals surface area contributed by atoms with Crippen LogP contribution in [0.25, 0.3) is 0 Å². The van der Waals surface area contributed by atoms with Crippen LogP contribution in [0.5, 0.6) is 0 Å². The number of anilines is 3. The summed E-state index contributed by atoms with van der Waals surface area (Å²) in [4.78, 5) is 79.6. The maximum atomic E-state index is 13.7. The van der Waals surface area contributed by atoms with Crippen molar-refractivity contribution in [2.45, 2.75) is 51.4 Å². The largest absolute Gasteiger partial charge is 0.371 e. The van der Waals surface area contributed by atoms with Crippen molar-refractivity contribution >= 4 is 65.3 Å². The molecule has 1 unspecified atom stereocenters. The molecule has 8 rings (SSSR count). The summed E-state index contributed by atoms with van der Waals surface area (Å²) < 4.78 is 0. The average molecular weight is 858 g/mol. The summed E-state index contributed by atoms with van der Waals surface area (Å²) in [5, 5.41) is 8.30. The van der Waals surface area contributed by atoms with Crippen molar-refractivity contribution in [3.63, 3.8) is 0 Å². The monoisotopic (exact) mass is 857 g/mol. The van der Waals surface area contributed by atoms with Crippen LogP contribution in [0, 0.1) is 5.92 Å². The minimum atomic E-state index is -0.314. The fraction of sp³-hybridized carbons (Fsp3) is 0.404. The van der Waals surface area contributed by atoms with Crippen molar-refractivity contribution in [1.82, 2.24) is 25.5 Å². The summed E-state index contributed by atoms with van der Waals surface area (Å²) in [6, 6.07) is 17.8. The van der Waals surface area contributed by atoms with E-state index in [0.29, 0.717) is 66.0 Å². The van der Waals surface area contributed by atoms with Crippen LogP contribution in [-0.4, -0.2) is 124 Å². The maximum Gasteiger partial charge on any atom is 0.278 e. The van der Waals surface area contributed by atoms with E-state index in [1.165, 1.54) is 18.8 Å². The van der Waals surface area contributed by atoms with Crippen LogP contribution in [0.1, 0.15) is 76.9 Å². The molecule has 0 bridgehead atoms. The number of piperazine rings is 1. The van der Waals surface area contributed by atoms with E-state index in [0.717, 1.165) is 94.1 Å². The predicted octanol–water partition coefficient (Wildman–Crippen LogP) is 4.40. The Morgan fingerprint density at radius 3 is 2.41 bits per heavy atom. The molecule has 5 aliphatic rings. The van der Waals surface area contributed by atoms with Crippen LogP contribution >= 0.6 is 0 Å². The number of nitrogens with zero attached hydrogens (tertiary/aromatic N) is 8. The van der Waals surface area contributed by atoms with E-state index >= 15 is 0 Å². The van der Waals surface area contributed by atoms with Crippen LogP contribution in [-0.2, 0) is 20.8 Å². The van der Waals surface area contributed by atoms with Gasteiger partial charge in [0.1, 0.15) is 11.9 Å². The van der Waals surface area contributed by atoms with E-state index in [2.05, 4.69) is 74.5 Å². The number of aryl methyl sites for hydroxylation is 1. The Bertz CT molecular complexity index is 2240. The van der Waals surface area contributed by atoms with Gasteiger partial charge in [-0.25, -0.2) is 20.0 Å². The molecule has 2 aromatic carbocycles. The molecule has 1 atom stereocenters. The van der Waals surface area contributed by atoms with Gasteiger partial charge in [-0.05, 0) is 87.5 Å². The third kappa shape index (κ3) is 10.2. The number of imide groups is 1. The van der Waals surface area contributed by atoms with Crippen LogP contribution in [0.3, 0.4) is 0 Å². The van der Waals surface area contributed by atoms with E-state index in [4.69, 9.17) is 9.98 Å². The molecular weight excluding hydrogens is 799 g/mol. The summed E-state index contributed by atoms with van der Waals surface area (Å²) >= 11 is 0. The van der Waals surface area contributed by atoms with Crippen LogP contribution in [0.2, 0.25) is 0 Å². The lowest BCUT2D eigenvalue weighted by molar-refractivity contribution is -0.125. The van der Waals surface area contributed by atoms with Crippen molar-refractivity contribution in [3.8, 4) is 0 Å². The van der Waals surface area contributed by atoms with Crippen LogP contribution in [0.4, 0.5) is 22.9 Å². The predicted molar refractivity (Wildman–Crippen MR) is 248 cm³/mol. The molecule has 4 aliphatic heterocycles. The number of amides is 4. The lowest BCUT2D eigenvalue weighted by Gasteiger charge is -2.45. The van der Waals surface area contributed by atoms with E-state index in [9.17, 15) is 24.0 Å². The molecule has 3 saturated heterocycles. The second-order valence-corrected chi connectivity index (χ2v) is 15.8. The fourth-order valence-electron chi connectivity index (χ4n) is 8.65. The normalized spacial score (nSPS) is 19.4. The molecule has 16 nitrogen and oxygen atoms in total. The Kier molecular flexibility index (Phi) is 15.7. The molecule has 0 spiro atoms. The first-order valence-electron chi connectivity index (χ1n) is 21.7.